The number of allylic oxidation sites excluding steroid dienone is 2. The number of nitrogens with one attached hydrogen (secondary N) is 1. The molecule has 10 heteroatoms. The van der Waals surface area contributed by atoms with Crippen LogP contribution >= 0.6 is 0 Å². The van der Waals surface area contributed by atoms with Crippen molar-refractivity contribution in [2.24, 2.45) is 17.6 Å². The maximum Gasteiger partial charge on any atom is 0.252 e. The topological polar surface area (TPSA) is 170 Å². The normalized spacial score (nSPS) is 23.8. The van der Waals surface area contributed by atoms with Crippen molar-refractivity contribution in [3.63, 3.8) is 0 Å². The van der Waals surface area contributed by atoms with Crippen LogP contribution in [0.2, 0.25) is 0 Å². The summed E-state index contributed by atoms with van der Waals surface area (Å²) in [6.07, 6.45) is 1.93. The summed E-state index contributed by atoms with van der Waals surface area (Å²) in [6.45, 7) is 1.16. The maximum atomic E-state index is 13.8. The van der Waals surface area contributed by atoms with Crippen LogP contribution in [-0.4, -0.2) is 76.4 Å². The SMILES string of the molecule is CN(C)CCNC(=O)c1cccc(-c2ccc(O)c3c2C[C@H]2C[C@H]4CC=C(C(N)=O)C(=O)[C@@]4(O)C(O)=C2C3=O)c1. The van der Waals surface area contributed by atoms with Gasteiger partial charge in [-0.15, -0.1) is 0 Å². The Morgan fingerprint density at radius 2 is 1.90 bits per heavy atom. The van der Waals surface area contributed by atoms with Crippen LogP contribution < -0.4 is 11.1 Å². The summed E-state index contributed by atoms with van der Waals surface area (Å²) >= 11 is 0. The third-order valence-corrected chi connectivity index (χ3v) is 8.14. The van der Waals surface area contributed by atoms with Gasteiger partial charge in [-0.25, -0.2) is 0 Å². The van der Waals surface area contributed by atoms with Crippen molar-refractivity contribution in [3.05, 3.63) is 76.1 Å². The molecule has 0 aliphatic heterocycles. The molecule has 208 valence electrons. The third kappa shape index (κ3) is 4.29. The van der Waals surface area contributed by atoms with E-state index in [9.17, 15) is 34.5 Å². The Morgan fingerprint density at radius 1 is 1.15 bits per heavy atom. The van der Waals surface area contributed by atoms with Gasteiger partial charge in [-0.2, -0.15) is 0 Å². The van der Waals surface area contributed by atoms with Crippen LogP contribution in [0.1, 0.15) is 39.1 Å². The summed E-state index contributed by atoms with van der Waals surface area (Å²) in [5, 5.41) is 36.2. The van der Waals surface area contributed by atoms with Gasteiger partial charge in [0.1, 0.15) is 11.5 Å². The van der Waals surface area contributed by atoms with Gasteiger partial charge in [0.05, 0.1) is 11.1 Å². The summed E-state index contributed by atoms with van der Waals surface area (Å²) in [4.78, 5) is 53.3. The van der Waals surface area contributed by atoms with Crippen molar-refractivity contribution in [1.82, 2.24) is 10.2 Å². The summed E-state index contributed by atoms with van der Waals surface area (Å²) in [6, 6.07) is 10.0. The second-order valence-electron chi connectivity index (χ2n) is 10.9. The molecule has 0 bridgehead atoms. The van der Waals surface area contributed by atoms with Crippen molar-refractivity contribution >= 4 is 23.4 Å². The fraction of sp³-hybridized carbons (Fsp3) is 0.333. The van der Waals surface area contributed by atoms with E-state index in [1.165, 1.54) is 12.1 Å². The lowest BCUT2D eigenvalue weighted by atomic mass is 9.60. The largest absolute Gasteiger partial charge is 0.508 e. The Kier molecular flexibility index (Phi) is 6.85. The highest BCUT2D eigenvalue weighted by Crippen LogP contribution is 2.51. The van der Waals surface area contributed by atoms with Crippen LogP contribution in [0.3, 0.4) is 0 Å². The summed E-state index contributed by atoms with van der Waals surface area (Å²) < 4.78 is 0. The second kappa shape index (κ2) is 10.0. The van der Waals surface area contributed by atoms with E-state index >= 15 is 0 Å². The van der Waals surface area contributed by atoms with E-state index in [1.807, 2.05) is 25.1 Å². The highest BCUT2D eigenvalue weighted by molar-refractivity contribution is 6.24. The van der Waals surface area contributed by atoms with Gasteiger partial charge in [0.25, 0.3) is 11.8 Å². The molecular formula is C30H31N3O7. The number of likely N-dealkylation sites (N-methyl/N-ethyl adjacent to an activating group) is 1. The number of hydrogen-bond acceptors (Lipinski definition) is 8. The van der Waals surface area contributed by atoms with Crippen molar-refractivity contribution in [3.8, 4) is 16.9 Å². The molecule has 3 atom stereocenters. The molecule has 0 unspecified atom stereocenters. The lowest BCUT2D eigenvalue weighted by Gasteiger charge is -2.45. The van der Waals surface area contributed by atoms with Crippen LogP contribution in [-0.2, 0) is 16.0 Å². The Labute approximate surface area is 230 Å². The van der Waals surface area contributed by atoms with Crippen molar-refractivity contribution < 1.29 is 34.5 Å². The smallest absolute Gasteiger partial charge is 0.252 e. The number of amides is 2. The molecule has 40 heavy (non-hydrogen) atoms. The van der Waals surface area contributed by atoms with Gasteiger partial charge in [0.15, 0.2) is 11.4 Å². The minimum atomic E-state index is -2.44. The molecule has 0 heterocycles. The number of Topliss-reactive ketones (excluding diaryl/α,β-unsaturated/α-hetero) is 2. The van der Waals surface area contributed by atoms with E-state index in [-0.39, 0.29) is 42.1 Å². The monoisotopic (exact) mass is 545 g/mol. The first-order chi connectivity index (χ1) is 18.9. The molecule has 6 N–H and O–H groups in total. The van der Waals surface area contributed by atoms with Gasteiger partial charge in [-0.1, -0.05) is 24.3 Å². The van der Waals surface area contributed by atoms with Gasteiger partial charge in [-0.3, -0.25) is 19.2 Å². The second-order valence-corrected chi connectivity index (χ2v) is 10.9. The molecule has 0 aromatic heterocycles. The molecule has 2 amide bonds. The minimum absolute atomic E-state index is 0.0351. The first-order valence-electron chi connectivity index (χ1n) is 13.1. The number of nitrogens with zero attached hydrogens (tertiary/aromatic N) is 1. The quantitative estimate of drug-likeness (QED) is 0.341. The molecule has 3 aliphatic carbocycles. The lowest BCUT2D eigenvalue weighted by molar-refractivity contribution is -0.142. The van der Waals surface area contributed by atoms with Crippen molar-refractivity contribution in [2.45, 2.75) is 24.9 Å². The first kappa shape index (κ1) is 27.3. The number of primary amides is 1. The highest BCUT2D eigenvalue weighted by atomic mass is 16.3. The van der Waals surface area contributed by atoms with Gasteiger partial charge < -0.3 is 31.3 Å². The number of aromatic hydroxyl groups is 1. The predicted octanol–water partition coefficient (Wildman–Crippen LogP) is 1.65. The highest BCUT2D eigenvalue weighted by Gasteiger charge is 2.58. The van der Waals surface area contributed by atoms with Gasteiger partial charge in [0.2, 0.25) is 5.78 Å². The van der Waals surface area contributed by atoms with Crippen LogP contribution in [0.25, 0.3) is 11.1 Å². The molecule has 0 saturated heterocycles. The molecule has 0 spiro atoms. The number of benzene rings is 2. The molecule has 0 saturated carbocycles. The molecule has 2 aromatic rings. The van der Waals surface area contributed by atoms with Gasteiger partial charge >= 0.3 is 0 Å². The van der Waals surface area contributed by atoms with E-state index in [0.717, 1.165) is 0 Å². The number of hydrogen-bond donors (Lipinski definition) is 5. The molecule has 10 nitrogen and oxygen atoms in total. The summed E-state index contributed by atoms with van der Waals surface area (Å²) in [5.41, 5.74) is 4.58. The van der Waals surface area contributed by atoms with Gasteiger partial charge in [0, 0.05) is 30.1 Å². The summed E-state index contributed by atoms with van der Waals surface area (Å²) in [7, 11) is 3.83. The number of ketones is 2. The zero-order valence-corrected chi connectivity index (χ0v) is 22.2. The van der Waals surface area contributed by atoms with Crippen LogP contribution in [0.5, 0.6) is 5.75 Å². The number of carbonyl (C=O) groups is 4. The first-order valence-corrected chi connectivity index (χ1v) is 13.1. The van der Waals surface area contributed by atoms with Crippen LogP contribution in [0.15, 0.2) is 59.4 Å². The molecule has 3 aliphatic rings. The van der Waals surface area contributed by atoms with Crippen LogP contribution in [0.4, 0.5) is 0 Å². The van der Waals surface area contributed by atoms with Crippen molar-refractivity contribution in [2.75, 3.05) is 27.2 Å². The fourth-order valence-corrected chi connectivity index (χ4v) is 6.11. The molecule has 0 radical (unpaired) electrons. The molecule has 0 fully saturated rings. The Bertz CT molecular complexity index is 1520. The Balaban J connectivity index is 1.55. The number of phenolic OH excluding ortho intramolecular Hbond substituents is 1. The van der Waals surface area contributed by atoms with E-state index < -0.39 is 46.2 Å². The number of rotatable bonds is 6. The standard InChI is InChI=1S/C30H31N3O7/c1-33(2)11-10-32-29(39)16-5-3-4-15(12-16)19-8-9-22(34)24-21(19)14-17-13-18-6-7-20(28(31)38)26(36)30(18,40)27(37)23(17)25(24)35/h3-5,7-9,12,17-18,34,37,40H,6,10-11,13-14H2,1-2H3,(H2,31,38)(H,32,39)/t17-,18-,30-/m1/s1. The van der Waals surface area contributed by atoms with E-state index in [2.05, 4.69) is 5.32 Å². The number of aliphatic hydroxyl groups is 2. The molecular weight excluding hydrogens is 514 g/mol. The maximum absolute atomic E-state index is 13.8. The van der Waals surface area contributed by atoms with E-state index in [1.54, 1.807) is 24.3 Å². The zero-order chi connectivity index (χ0) is 28.9. The number of carbonyl (C=O) groups excluding carboxylic acids is 4. The average Bonchev–Trinajstić information content (AvgIpc) is 2.90. The Hall–Kier alpha value is -4.28. The molecule has 2 aromatic carbocycles. The number of aliphatic hydroxyl groups excluding tert-OH is 1. The third-order valence-electron chi connectivity index (χ3n) is 8.14. The van der Waals surface area contributed by atoms with Gasteiger partial charge in [-0.05, 0) is 74.2 Å². The number of nitrogens with two attached hydrogens (primary N) is 1. The lowest BCUT2D eigenvalue weighted by Crippen LogP contribution is -2.56. The van der Waals surface area contributed by atoms with Crippen LogP contribution in [0, 0.1) is 11.8 Å². The number of phenols is 1. The predicted molar refractivity (Wildman–Crippen MR) is 146 cm³/mol. The number of fused-ring (bicyclic) bond motifs is 3. The fourth-order valence-electron chi connectivity index (χ4n) is 6.11. The van der Waals surface area contributed by atoms with E-state index in [0.29, 0.717) is 35.3 Å². The Morgan fingerprint density at radius 3 is 2.60 bits per heavy atom. The minimum Gasteiger partial charge on any atom is -0.508 e. The zero-order valence-electron chi connectivity index (χ0n) is 22.2. The van der Waals surface area contributed by atoms with E-state index in [4.69, 9.17) is 5.73 Å². The van der Waals surface area contributed by atoms with Crippen molar-refractivity contribution in [1.29, 1.82) is 0 Å². The molecule has 5 rings (SSSR count). The average molecular weight is 546 g/mol. The summed E-state index contributed by atoms with van der Waals surface area (Å²) in [5.74, 6) is -5.38.